The summed E-state index contributed by atoms with van der Waals surface area (Å²) in [5, 5.41) is 2.70. The Morgan fingerprint density at radius 3 is 2.50 bits per heavy atom. The minimum atomic E-state index is -0.407. The fraction of sp³-hybridized carbons (Fsp3) is 0.263. The van der Waals surface area contributed by atoms with Crippen LogP contribution in [0.1, 0.15) is 28.4 Å². The molecule has 126 valence electrons. The highest BCUT2D eigenvalue weighted by Gasteiger charge is 2.17. The van der Waals surface area contributed by atoms with Crippen molar-refractivity contribution in [1.82, 2.24) is 0 Å². The number of anilines is 1. The average Bonchev–Trinajstić information content (AvgIpc) is 2.61. The van der Waals surface area contributed by atoms with Crippen molar-refractivity contribution in [2.75, 3.05) is 12.4 Å². The molecule has 2 rings (SSSR count). The van der Waals surface area contributed by atoms with Crippen LogP contribution in [0, 0.1) is 6.92 Å². The van der Waals surface area contributed by atoms with E-state index in [9.17, 15) is 9.59 Å². The Balaban J connectivity index is 2.00. The highest BCUT2D eigenvalue weighted by atomic mass is 32.2. The van der Waals surface area contributed by atoms with E-state index in [1.54, 1.807) is 36.9 Å². The van der Waals surface area contributed by atoms with E-state index in [0.29, 0.717) is 16.8 Å². The summed E-state index contributed by atoms with van der Waals surface area (Å²) < 4.78 is 4.76. The topological polar surface area (TPSA) is 55.4 Å². The number of esters is 1. The number of amides is 1. The van der Waals surface area contributed by atoms with Gasteiger partial charge in [-0.05, 0) is 37.1 Å². The maximum absolute atomic E-state index is 12.4. The van der Waals surface area contributed by atoms with E-state index < -0.39 is 5.97 Å². The lowest BCUT2D eigenvalue weighted by molar-refractivity contribution is -0.115. The molecule has 0 aliphatic rings. The van der Waals surface area contributed by atoms with Crippen molar-refractivity contribution in [1.29, 1.82) is 0 Å². The highest BCUT2D eigenvalue weighted by Crippen LogP contribution is 2.23. The zero-order valence-electron chi connectivity index (χ0n) is 14.0. The summed E-state index contributed by atoms with van der Waals surface area (Å²) in [6, 6.07) is 15.2. The number of methoxy groups -OCH3 is 1. The van der Waals surface area contributed by atoms with Crippen molar-refractivity contribution in [2.24, 2.45) is 0 Å². The number of ether oxygens (including phenoxy) is 1. The number of thioether (sulfide) groups is 1. The predicted octanol–water partition coefficient (Wildman–Crippen LogP) is 4.04. The van der Waals surface area contributed by atoms with Gasteiger partial charge in [-0.1, -0.05) is 36.4 Å². The van der Waals surface area contributed by atoms with Gasteiger partial charge in [0.2, 0.25) is 5.91 Å². The maximum Gasteiger partial charge on any atom is 0.338 e. The highest BCUT2D eigenvalue weighted by molar-refractivity contribution is 7.99. The molecule has 0 bridgehead atoms. The number of hydrogen-bond acceptors (Lipinski definition) is 4. The van der Waals surface area contributed by atoms with Crippen molar-refractivity contribution in [2.45, 2.75) is 24.9 Å². The van der Waals surface area contributed by atoms with Crippen molar-refractivity contribution in [3.05, 3.63) is 65.2 Å². The molecule has 4 nitrogen and oxygen atoms in total. The van der Waals surface area contributed by atoms with Crippen molar-refractivity contribution < 1.29 is 14.3 Å². The third kappa shape index (κ3) is 4.61. The largest absolute Gasteiger partial charge is 0.465 e. The molecule has 2 aromatic rings. The monoisotopic (exact) mass is 343 g/mol. The van der Waals surface area contributed by atoms with Crippen LogP contribution < -0.4 is 5.32 Å². The maximum atomic E-state index is 12.4. The summed E-state index contributed by atoms with van der Waals surface area (Å²) in [6.45, 7) is 3.67. The summed E-state index contributed by atoms with van der Waals surface area (Å²) >= 11 is 1.57. The molecule has 1 amide bonds. The summed E-state index contributed by atoms with van der Waals surface area (Å²) in [5.74, 6) is 0.285. The zero-order valence-corrected chi connectivity index (χ0v) is 14.9. The fourth-order valence-electron chi connectivity index (χ4n) is 2.21. The van der Waals surface area contributed by atoms with Gasteiger partial charge in [-0.15, -0.1) is 11.8 Å². The normalized spacial score (nSPS) is 11.6. The summed E-state index contributed by atoms with van der Waals surface area (Å²) in [7, 11) is 1.34. The van der Waals surface area contributed by atoms with Gasteiger partial charge in [-0.25, -0.2) is 4.79 Å². The lowest BCUT2D eigenvalue weighted by Gasteiger charge is -2.15. The van der Waals surface area contributed by atoms with Gasteiger partial charge in [0.05, 0.1) is 17.9 Å². The van der Waals surface area contributed by atoms with Crippen molar-refractivity contribution in [3.63, 3.8) is 0 Å². The second-order valence-corrected chi connectivity index (χ2v) is 6.73. The minimum absolute atomic E-state index is 0.0824. The average molecular weight is 343 g/mol. The SMILES string of the molecule is COC(=O)c1cccc(NC(=O)C(C)SCc2ccccc2)c1C. The van der Waals surface area contributed by atoms with E-state index in [2.05, 4.69) is 5.32 Å². The van der Waals surface area contributed by atoms with Gasteiger partial charge >= 0.3 is 5.97 Å². The summed E-state index contributed by atoms with van der Waals surface area (Å²) in [4.78, 5) is 24.1. The Bertz CT molecular complexity index is 716. The van der Waals surface area contributed by atoms with Crippen LogP contribution >= 0.6 is 11.8 Å². The van der Waals surface area contributed by atoms with Gasteiger partial charge in [0.25, 0.3) is 0 Å². The molecule has 0 aromatic heterocycles. The van der Waals surface area contributed by atoms with Crippen LogP contribution in [0.2, 0.25) is 0 Å². The van der Waals surface area contributed by atoms with Crippen LogP contribution in [-0.4, -0.2) is 24.2 Å². The zero-order chi connectivity index (χ0) is 17.5. The molecule has 0 saturated heterocycles. The number of rotatable bonds is 6. The Labute approximate surface area is 146 Å². The third-order valence-corrected chi connectivity index (χ3v) is 4.92. The Kier molecular flexibility index (Phi) is 6.44. The first kappa shape index (κ1) is 18.1. The van der Waals surface area contributed by atoms with E-state index in [1.807, 2.05) is 37.3 Å². The molecule has 0 spiro atoms. The smallest absolute Gasteiger partial charge is 0.338 e. The van der Waals surface area contributed by atoms with Crippen LogP contribution in [0.15, 0.2) is 48.5 Å². The minimum Gasteiger partial charge on any atom is -0.465 e. The quantitative estimate of drug-likeness (QED) is 0.804. The number of carbonyl (C=O) groups excluding carboxylic acids is 2. The van der Waals surface area contributed by atoms with E-state index in [-0.39, 0.29) is 11.2 Å². The van der Waals surface area contributed by atoms with Crippen LogP contribution in [0.25, 0.3) is 0 Å². The molecule has 1 N–H and O–H groups in total. The molecule has 1 atom stereocenters. The van der Waals surface area contributed by atoms with E-state index in [4.69, 9.17) is 4.74 Å². The van der Waals surface area contributed by atoms with Gasteiger partial charge in [-0.2, -0.15) is 0 Å². The molecule has 0 radical (unpaired) electrons. The lowest BCUT2D eigenvalue weighted by atomic mass is 10.1. The van der Waals surface area contributed by atoms with E-state index >= 15 is 0 Å². The molecular weight excluding hydrogens is 322 g/mol. The molecule has 0 fully saturated rings. The third-order valence-electron chi connectivity index (χ3n) is 3.71. The molecule has 1 unspecified atom stereocenters. The number of hydrogen-bond donors (Lipinski definition) is 1. The molecule has 0 saturated carbocycles. The van der Waals surface area contributed by atoms with Crippen molar-refractivity contribution >= 4 is 29.3 Å². The fourth-order valence-corrected chi connectivity index (χ4v) is 3.05. The van der Waals surface area contributed by atoms with Crippen LogP contribution in [0.5, 0.6) is 0 Å². The Hall–Kier alpha value is -2.27. The van der Waals surface area contributed by atoms with Gasteiger partial charge < -0.3 is 10.1 Å². The van der Waals surface area contributed by atoms with Gasteiger partial charge in [0.15, 0.2) is 0 Å². The molecule has 5 heteroatoms. The first-order valence-electron chi connectivity index (χ1n) is 7.67. The van der Waals surface area contributed by atoms with Gasteiger partial charge in [0.1, 0.15) is 0 Å². The molecule has 0 aliphatic carbocycles. The van der Waals surface area contributed by atoms with Crippen LogP contribution in [0.3, 0.4) is 0 Å². The van der Waals surface area contributed by atoms with Crippen molar-refractivity contribution in [3.8, 4) is 0 Å². The molecule has 2 aromatic carbocycles. The first-order chi connectivity index (χ1) is 11.5. The van der Waals surface area contributed by atoms with Crippen LogP contribution in [0.4, 0.5) is 5.69 Å². The lowest BCUT2D eigenvalue weighted by Crippen LogP contribution is -2.23. The Morgan fingerprint density at radius 2 is 1.83 bits per heavy atom. The Morgan fingerprint density at radius 1 is 1.12 bits per heavy atom. The number of carbonyl (C=O) groups is 2. The summed E-state index contributed by atoms with van der Waals surface area (Å²) in [5.41, 5.74) is 2.99. The first-order valence-corrected chi connectivity index (χ1v) is 8.72. The molecular formula is C19H21NO3S. The standard InChI is InChI=1S/C19H21NO3S/c1-13-16(19(22)23-3)10-7-11-17(13)20-18(21)14(2)24-12-15-8-5-4-6-9-15/h4-11,14H,12H2,1-3H3,(H,20,21). The number of benzene rings is 2. The van der Waals surface area contributed by atoms with Gasteiger partial charge in [0, 0.05) is 11.4 Å². The molecule has 24 heavy (non-hydrogen) atoms. The predicted molar refractivity (Wildman–Crippen MR) is 98.3 cm³/mol. The molecule has 0 heterocycles. The second kappa shape index (κ2) is 8.55. The van der Waals surface area contributed by atoms with Crippen LogP contribution in [-0.2, 0) is 15.3 Å². The van der Waals surface area contributed by atoms with E-state index in [0.717, 1.165) is 5.75 Å². The van der Waals surface area contributed by atoms with Gasteiger partial charge in [-0.3, -0.25) is 4.79 Å². The molecule has 0 aliphatic heterocycles. The number of nitrogens with one attached hydrogen (secondary N) is 1. The second-order valence-electron chi connectivity index (χ2n) is 5.40. The summed E-state index contributed by atoms with van der Waals surface area (Å²) in [6.07, 6.45) is 0. The van der Waals surface area contributed by atoms with E-state index in [1.165, 1.54) is 12.7 Å².